The molecule has 3 aromatic carbocycles. The molecule has 0 saturated carbocycles. The van der Waals surface area contributed by atoms with Crippen molar-refractivity contribution in [3.05, 3.63) is 89.5 Å². The van der Waals surface area contributed by atoms with Crippen molar-refractivity contribution in [3.63, 3.8) is 0 Å². The number of nitrogens with two attached hydrogens (primary N) is 1. The van der Waals surface area contributed by atoms with E-state index in [0.717, 1.165) is 11.1 Å². The summed E-state index contributed by atoms with van der Waals surface area (Å²) in [5.74, 6) is -1.89. The number of hydrogen-bond acceptors (Lipinski definition) is 6. The quantitative estimate of drug-likeness (QED) is 0.179. The molecular weight excluding hydrogens is 472 g/mol. The van der Waals surface area contributed by atoms with Crippen LogP contribution in [0.2, 0.25) is 0 Å². The number of benzene rings is 3. The SMILES string of the molecule is CCOC(=O)[C@H](Cc1ccccc1)C(=O)Nc1ccc2c(c1)OCC(=O)N2Cc1ccc(C(=N)N)cc1. The third-order valence-electron chi connectivity index (χ3n) is 5.95. The highest BCUT2D eigenvalue weighted by Gasteiger charge is 2.30. The molecule has 1 heterocycles. The minimum atomic E-state index is -1.02. The molecule has 0 aliphatic carbocycles. The largest absolute Gasteiger partial charge is 0.481 e. The molecule has 0 saturated heterocycles. The average molecular weight is 501 g/mol. The fraction of sp³-hybridized carbons (Fsp3) is 0.214. The summed E-state index contributed by atoms with van der Waals surface area (Å²) in [7, 11) is 0. The second-order valence-electron chi connectivity index (χ2n) is 8.55. The average Bonchev–Trinajstić information content (AvgIpc) is 2.90. The van der Waals surface area contributed by atoms with Gasteiger partial charge in [-0.25, -0.2) is 0 Å². The number of carbonyl (C=O) groups is 3. The van der Waals surface area contributed by atoms with Crippen LogP contribution in [0.15, 0.2) is 72.8 Å². The first-order valence-corrected chi connectivity index (χ1v) is 11.9. The molecule has 3 aromatic rings. The lowest BCUT2D eigenvalue weighted by molar-refractivity contribution is -0.150. The smallest absolute Gasteiger partial charge is 0.318 e. The van der Waals surface area contributed by atoms with Gasteiger partial charge in [0.15, 0.2) is 6.61 Å². The molecule has 4 rings (SSSR count). The normalized spacial score (nSPS) is 13.2. The van der Waals surface area contributed by atoms with Crippen LogP contribution in [0.25, 0.3) is 0 Å². The molecule has 0 aromatic heterocycles. The van der Waals surface area contributed by atoms with Crippen molar-refractivity contribution in [2.24, 2.45) is 11.7 Å². The number of amidine groups is 1. The molecule has 9 nitrogen and oxygen atoms in total. The van der Waals surface area contributed by atoms with E-state index in [2.05, 4.69) is 5.32 Å². The minimum Gasteiger partial charge on any atom is -0.481 e. The molecule has 0 bridgehead atoms. The summed E-state index contributed by atoms with van der Waals surface area (Å²) in [6.45, 7) is 2.03. The van der Waals surface area contributed by atoms with Crippen LogP contribution in [-0.2, 0) is 32.1 Å². The standard InChI is InChI=1S/C28H28N4O5/c1-2-36-28(35)22(14-18-6-4-3-5-7-18)27(34)31-21-12-13-23-24(15-21)37-17-25(33)32(23)16-19-8-10-20(11-9-19)26(29)30/h3-13,15,22H,2,14,16-17H2,1H3,(H3,29,30)(H,31,34)/t22-/m1/s1. The van der Waals surface area contributed by atoms with Crippen LogP contribution in [0, 0.1) is 11.3 Å². The molecule has 37 heavy (non-hydrogen) atoms. The summed E-state index contributed by atoms with van der Waals surface area (Å²) < 4.78 is 10.8. The number of anilines is 2. The summed E-state index contributed by atoms with van der Waals surface area (Å²) in [5, 5.41) is 10.3. The van der Waals surface area contributed by atoms with Crippen molar-refractivity contribution in [2.45, 2.75) is 19.9 Å². The van der Waals surface area contributed by atoms with Crippen LogP contribution in [0.3, 0.4) is 0 Å². The van der Waals surface area contributed by atoms with E-state index in [1.54, 1.807) is 42.2 Å². The van der Waals surface area contributed by atoms with Crippen LogP contribution in [0.5, 0.6) is 5.75 Å². The van der Waals surface area contributed by atoms with Gasteiger partial charge in [0.2, 0.25) is 5.91 Å². The van der Waals surface area contributed by atoms with Gasteiger partial charge in [0.05, 0.1) is 18.8 Å². The van der Waals surface area contributed by atoms with Crippen molar-refractivity contribution >= 4 is 35.0 Å². The summed E-state index contributed by atoms with van der Waals surface area (Å²) in [6.07, 6.45) is 0.206. The molecule has 9 heteroatoms. The number of carbonyl (C=O) groups excluding carboxylic acids is 3. The lowest BCUT2D eigenvalue weighted by Gasteiger charge is -2.30. The van der Waals surface area contributed by atoms with Crippen molar-refractivity contribution in [1.82, 2.24) is 0 Å². The number of nitrogens with one attached hydrogen (secondary N) is 2. The van der Waals surface area contributed by atoms with Crippen LogP contribution >= 0.6 is 0 Å². The van der Waals surface area contributed by atoms with Gasteiger partial charge >= 0.3 is 5.97 Å². The van der Waals surface area contributed by atoms with Crippen molar-refractivity contribution in [3.8, 4) is 5.75 Å². The Morgan fingerprint density at radius 2 is 1.81 bits per heavy atom. The Balaban J connectivity index is 1.51. The topological polar surface area (TPSA) is 135 Å². The third-order valence-corrected chi connectivity index (χ3v) is 5.95. The summed E-state index contributed by atoms with van der Waals surface area (Å²) in [4.78, 5) is 39.9. The van der Waals surface area contributed by atoms with Crippen molar-refractivity contribution in [2.75, 3.05) is 23.4 Å². The maximum absolute atomic E-state index is 13.1. The van der Waals surface area contributed by atoms with E-state index in [9.17, 15) is 14.4 Å². The van der Waals surface area contributed by atoms with Crippen molar-refractivity contribution < 1.29 is 23.9 Å². The molecule has 1 aliphatic rings. The maximum Gasteiger partial charge on any atom is 0.318 e. The number of esters is 1. The van der Waals surface area contributed by atoms with Gasteiger partial charge in [0.25, 0.3) is 5.91 Å². The summed E-state index contributed by atoms with van der Waals surface area (Å²) in [5.41, 5.74) is 8.83. The first-order chi connectivity index (χ1) is 17.9. The highest BCUT2D eigenvalue weighted by Crippen LogP contribution is 2.35. The number of ether oxygens (including phenoxy) is 2. The van der Waals surface area contributed by atoms with Gasteiger partial charge in [-0.1, -0.05) is 54.6 Å². The Morgan fingerprint density at radius 1 is 1.08 bits per heavy atom. The van der Waals surface area contributed by atoms with Crippen LogP contribution in [-0.4, -0.2) is 36.8 Å². The number of nitrogen functional groups attached to an aromatic ring is 1. The zero-order valence-corrected chi connectivity index (χ0v) is 20.4. The number of rotatable bonds is 9. The Morgan fingerprint density at radius 3 is 2.49 bits per heavy atom. The molecule has 1 atom stereocenters. The Labute approximate surface area is 214 Å². The minimum absolute atomic E-state index is 0.0251. The predicted molar refractivity (Wildman–Crippen MR) is 139 cm³/mol. The van der Waals surface area contributed by atoms with Gasteiger partial charge in [0, 0.05) is 17.3 Å². The Hall–Kier alpha value is -4.66. The second kappa shape index (κ2) is 11.4. The van der Waals surface area contributed by atoms with Gasteiger partial charge in [-0.3, -0.25) is 19.8 Å². The number of fused-ring (bicyclic) bond motifs is 1. The van der Waals surface area contributed by atoms with E-state index in [1.165, 1.54) is 0 Å². The van der Waals surface area contributed by atoms with Gasteiger partial charge in [-0.05, 0) is 36.6 Å². The fourth-order valence-electron chi connectivity index (χ4n) is 4.03. The highest BCUT2D eigenvalue weighted by atomic mass is 16.5. The van der Waals surface area contributed by atoms with E-state index in [0.29, 0.717) is 29.2 Å². The maximum atomic E-state index is 13.1. The molecule has 2 amide bonds. The Bertz CT molecular complexity index is 1310. The van der Waals surface area contributed by atoms with Gasteiger partial charge < -0.3 is 25.4 Å². The van der Waals surface area contributed by atoms with E-state index in [4.69, 9.17) is 20.6 Å². The molecule has 190 valence electrons. The zero-order chi connectivity index (χ0) is 26.4. The first-order valence-electron chi connectivity index (χ1n) is 11.9. The van der Waals surface area contributed by atoms with Crippen molar-refractivity contribution in [1.29, 1.82) is 5.41 Å². The Kier molecular flexibility index (Phi) is 7.83. The van der Waals surface area contributed by atoms with Gasteiger partial charge in [0.1, 0.15) is 17.5 Å². The lowest BCUT2D eigenvalue weighted by Crippen LogP contribution is -2.38. The van der Waals surface area contributed by atoms with Gasteiger partial charge in [-0.15, -0.1) is 0 Å². The molecule has 0 spiro atoms. The fourth-order valence-corrected chi connectivity index (χ4v) is 4.03. The van der Waals surface area contributed by atoms with Crippen LogP contribution in [0.4, 0.5) is 11.4 Å². The third kappa shape index (κ3) is 6.13. The van der Waals surface area contributed by atoms with Gasteiger partial charge in [-0.2, -0.15) is 0 Å². The number of nitrogens with zero attached hydrogens (tertiary/aromatic N) is 1. The summed E-state index contributed by atoms with van der Waals surface area (Å²) >= 11 is 0. The molecule has 4 N–H and O–H groups in total. The van der Waals surface area contributed by atoms with E-state index < -0.39 is 17.8 Å². The predicted octanol–water partition coefficient (Wildman–Crippen LogP) is 3.26. The zero-order valence-electron chi connectivity index (χ0n) is 20.4. The lowest BCUT2D eigenvalue weighted by atomic mass is 9.98. The number of amides is 2. The van der Waals surface area contributed by atoms with E-state index in [-0.39, 0.29) is 31.4 Å². The number of hydrogen-bond donors (Lipinski definition) is 3. The molecular formula is C28H28N4O5. The van der Waals surface area contributed by atoms with E-state index >= 15 is 0 Å². The molecule has 0 radical (unpaired) electrons. The molecule has 0 fully saturated rings. The van der Waals surface area contributed by atoms with Crippen LogP contribution < -0.4 is 20.7 Å². The second-order valence-corrected chi connectivity index (χ2v) is 8.55. The summed E-state index contributed by atoms with van der Waals surface area (Å²) in [6, 6.07) is 21.4. The monoisotopic (exact) mass is 500 g/mol. The highest BCUT2D eigenvalue weighted by molar-refractivity contribution is 6.05. The van der Waals surface area contributed by atoms with E-state index in [1.807, 2.05) is 42.5 Å². The molecule has 1 aliphatic heterocycles. The van der Waals surface area contributed by atoms with Crippen LogP contribution in [0.1, 0.15) is 23.6 Å². The first kappa shape index (κ1) is 25.4. The molecule has 0 unspecified atom stereocenters.